The summed E-state index contributed by atoms with van der Waals surface area (Å²) < 4.78 is 1.50. The van der Waals surface area contributed by atoms with E-state index < -0.39 is 23.1 Å². The Morgan fingerprint density at radius 2 is 1.89 bits per heavy atom. The molecule has 10 nitrogen and oxygen atoms in total. The summed E-state index contributed by atoms with van der Waals surface area (Å²) in [5.41, 5.74) is 1.74. The second-order valence-corrected chi connectivity index (χ2v) is 6.22. The maximum Gasteiger partial charge on any atom is 0.413 e. The largest absolute Gasteiger partial charge is 0.481 e. The van der Waals surface area contributed by atoms with Crippen LogP contribution in [-0.2, 0) is 16.1 Å². The minimum absolute atomic E-state index is 0.00342. The molecule has 0 fully saturated rings. The Morgan fingerprint density at radius 1 is 1.19 bits per heavy atom. The number of carbonyl (C=O) groups is 2. The van der Waals surface area contributed by atoms with Gasteiger partial charge in [-0.15, -0.1) is 0 Å². The molecule has 0 atom stereocenters. The molecule has 0 unspecified atom stereocenters. The standard InChI is InChI=1S/C17H17N5O5/c1-8-5-10-11(6-9(8)2)22(7-12(23)18-4-3-13(24)25)15-14(19-10)16(26)21-17(27)20-15/h5-6H,3-4,7H2,1-2H3,(H3,18,21,23,24,25,26,27)/p+1. The molecule has 0 saturated heterocycles. The minimum Gasteiger partial charge on any atom is -0.481 e. The molecule has 140 valence electrons. The summed E-state index contributed by atoms with van der Waals surface area (Å²) in [6.07, 6.45) is -0.205. The van der Waals surface area contributed by atoms with Crippen molar-refractivity contribution in [1.29, 1.82) is 0 Å². The van der Waals surface area contributed by atoms with E-state index in [0.717, 1.165) is 11.1 Å². The van der Waals surface area contributed by atoms with Crippen molar-refractivity contribution in [2.75, 3.05) is 6.54 Å². The van der Waals surface area contributed by atoms with Crippen LogP contribution in [0.1, 0.15) is 17.5 Å². The number of hydrogen-bond donors (Lipinski definition) is 4. The first-order valence-corrected chi connectivity index (χ1v) is 8.22. The average molecular weight is 372 g/mol. The fourth-order valence-electron chi connectivity index (χ4n) is 2.77. The fraction of sp³-hybridized carbons (Fsp3) is 0.294. The molecule has 0 aliphatic rings. The molecule has 1 aromatic carbocycles. The average Bonchev–Trinajstić information content (AvgIpc) is 2.57. The number of amides is 1. The summed E-state index contributed by atoms with van der Waals surface area (Å²) in [7, 11) is 0. The van der Waals surface area contributed by atoms with E-state index in [4.69, 9.17) is 5.11 Å². The topological polar surface area (TPSA) is 149 Å². The molecule has 27 heavy (non-hydrogen) atoms. The first kappa shape index (κ1) is 18.2. The van der Waals surface area contributed by atoms with E-state index in [1.54, 1.807) is 6.07 Å². The lowest BCUT2D eigenvalue weighted by Crippen LogP contribution is -2.47. The van der Waals surface area contributed by atoms with Crippen LogP contribution in [-0.4, -0.2) is 38.5 Å². The van der Waals surface area contributed by atoms with Crippen LogP contribution < -0.4 is 21.1 Å². The maximum atomic E-state index is 12.3. The third kappa shape index (κ3) is 3.68. The van der Waals surface area contributed by atoms with E-state index in [9.17, 15) is 19.2 Å². The number of carboxylic acid groups (broad SMARTS) is 1. The predicted octanol–water partition coefficient (Wildman–Crippen LogP) is -0.740. The number of carboxylic acids is 1. The van der Waals surface area contributed by atoms with Crippen molar-refractivity contribution in [2.45, 2.75) is 26.8 Å². The summed E-state index contributed by atoms with van der Waals surface area (Å²) in [6.45, 7) is 3.57. The lowest BCUT2D eigenvalue weighted by molar-refractivity contribution is -0.634. The van der Waals surface area contributed by atoms with Gasteiger partial charge < -0.3 is 10.4 Å². The zero-order chi connectivity index (χ0) is 19.7. The van der Waals surface area contributed by atoms with Gasteiger partial charge in [0.25, 0.3) is 11.5 Å². The Bertz CT molecular complexity index is 1190. The van der Waals surface area contributed by atoms with Gasteiger partial charge in [0.15, 0.2) is 12.1 Å². The van der Waals surface area contributed by atoms with Gasteiger partial charge in [-0.25, -0.2) is 14.3 Å². The van der Waals surface area contributed by atoms with Crippen molar-refractivity contribution in [3.63, 3.8) is 0 Å². The van der Waals surface area contributed by atoms with Gasteiger partial charge in [0.2, 0.25) is 5.52 Å². The number of aromatic nitrogens is 4. The molecule has 3 rings (SSSR count). The fourth-order valence-corrected chi connectivity index (χ4v) is 2.77. The number of rotatable bonds is 5. The monoisotopic (exact) mass is 372 g/mol. The van der Waals surface area contributed by atoms with Crippen LogP contribution >= 0.6 is 0 Å². The van der Waals surface area contributed by atoms with Crippen LogP contribution in [0.2, 0.25) is 0 Å². The van der Waals surface area contributed by atoms with Crippen molar-refractivity contribution in [2.24, 2.45) is 0 Å². The van der Waals surface area contributed by atoms with Crippen LogP contribution in [0.3, 0.4) is 0 Å². The second kappa shape index (κ2) is 6.98. The van der Waals surface area contributed by atoms with Gasteiger partial charge in [0, 0.05) is 6.54 Å². The summed E-state index contributed by atoms with van der Waals surface area (Å²) in [6, 6.07) is 3.62. The molecule has 2 aromatic heterocycles. The molecule has 0 saturated carbocycles. The van der Waals surface area contributed by atoms with Gasteiger partial charge in [0.1, 0.15) is 5.52 Å². The first-order valence-electron chi connectivity index (χ1n) is 8.22. The molecular weight excluding hydrogens is 354 g/mol. The quantitative estimate of drug-likeness (QED) is 0.342. The molecule has 3 aromatic rings. The van der Waals surface area contributed by atoms with Gasteiger partial charge in [-0.3, -0.25) is 19.4 Å². The molecule has 1 amide bonds. The number of aromatic amines is 2. The number of hydrogen-bond acceptors (Lipinski definition) is 5. The lowest BCUT2D eigenvalue weighted by Gasteiger charge is -2.09. The Hall–Kier alpha value is -3.56. The molecule has 0 bridgehead atoms. The minimum atomic E-state index is -1.02. The summed E-state index contributed by atoms with van der Waals surface area (Å²) in [4.78, 5) is 55.7. The van der Waals surface area contributed by atoms with E-state index in [0.29, 0.717) is 11.0 Å². The van der Waals surface area contributed by atoms with E-state index in [2.05, 4.69) is 20.3 Å². The Morgan fingerprint density at radius 3 is 2.59 bits per heavy atom. The van der Waals surface area contributed by atoms with Crippen molar-refractivity contribution in [1.82, 2.24) is 20.3 Å². The second-order valence-electron chi connectivity index (χ2n) is 6.22. The third-order valence-corrected chi connectivity index (χ3v) is 4.24. The highest BCUT2D eigenvalue weighted by molar-refractivity contribution is 5.82. The summed E-state index contributed by atoms with van der Waals surface area (Å²) in [5, 5.41) is 11.2. The number of nitrogens with zero attached hydrogens (tertiary/aromatic N) is 2. The molecule has 0 aliphatic heterocycles. The highest BCUT2D eigenvalue weighted by Gasteiger charge is 2.21. The zero-order valence-corrected chi connectivity index (χ0v) is 14.8. The van der Waals surface area contributed by atoms with E-state index >= 15 is 0 Å². The lowest BCUT2D eigenvalue weighted by atomic mass is 10.1. The van der Waals surface area contributed by atoms with E-state index in [1.807, 2.05) is 19.9 Å². The van der Waals surface area contributed by atoms with Gasteiger partial charge in [-0.1, -0.05) is 0 Å². The van der Waals surface area contributed by atoms with Crippen LogP contribution in [0.15, 0.2) is 21.7 Å². The molecule has 2 heterocycles. The normalized spacial score (nSPS) is 11.0. The highest BCUT2D eigenvalue weighted by Crippen LogP contribution is 2.16. The molecule has 10 heteroatoms. The number of nitrogens with one attached hydrogen (secondary N) is 3. The van der Waals surface area contributed by atoms with Crippen molar-refractivity contribution in [3.8, 4) is 0 Å². The van der Waals surface area contributed by atoms with Gasteiger partial charge in [-0.2, -0.15) is 4.98 Å². The number of aliphatic carboxylic acids is 1. The Balaban J connectivity index is 2.18. The van der Waals surface area contributed by atoms with Gasteiger partial charge in [0.05, 0.1) is 6.42 Å². The van der Waals surface area contributed by atoms with Gasteiger partial charge in [-0.05, 0) is 37.1 Å². The molecule has 0 radical (unpaired) electrons. The number of aryl methyl sites for hydroxylation is 2. The Labute approximate surface area is 151 Å². The number of fused-ring (bicyclic) bond motifs is 2. The van der Waals surface area contributed by atoms with E-state index in [1.165, 1.54) is 4.57 Å². The zero-order valence-electron chi connectivity index (χ0n) is 14.8. The molecular formula is C17H18N5O5+. The number of H-pyrrole nitrogens is 2. The SMILES string of the molecule is Cc1cc2nc3c(=O)[nH]c(=O)[nH]c3[n+](CC(=O)NCCC(=O)O)c2cc1C. The van der Waals surface area contributed by atoms with Crippen molar-refractivity contribution in [3.05, 3.63) is 44.1 Å². The van der Waals surface area contributed by atoms with Crippen LogP contribution in [0.25, 0.3) is 22.2 Å². The van der Waals surface area contributed by atoms with Crippen molar-refractivity contribution < 1.29 is 19.3 Å². The highest BCUT2D eigenvalue weighted by atomic mass is 16.4. The van der Waals surface area contributed by atoms with Gasteiger partial charge >= 0.3 is 17.3 Å². The van der Waals surface area contributed by atoms with Crippen LogP contribution in [0, 0.1) is 13.8 Å². The molecule has 0 aliphatic carbocycles. The van der Waals surface area contributed by atoms with Crippen LogP contribution in [0.5, 0.6) is 0 Å². The summed E-state index contributed by atoms with van der Waals surface area (Å²) >= 11 is 0. The summed E-state index contributed by atoms with van der Waals surface area (Å²) in [5.74, 6) is -1.47. The number of benzene rings is 1. The maximum absolute atomic E-state index is 12.3. The molecule has 4 N–H and O–H groups in total. The smallest absolute Gasteiger partial charge is 0.413 e. The number of carbonyl (C=O) groups excluding carboxylic acids is 1. The third-order valence-electron chi connectivity index (χ3n) is 4.24. The van der Waals surface area contributed by atoms with Crippen LogP contribution in [0.4, 0.5) is 0 Å². The first-order chi connectivity index (χ1) is 12.8. The Kier molecular flexibility index (Phi) is 4.72. The molecule has 0 spiro atoms. The van der Waals surface area contributed by atoms with Crippen molar-refractivity contribution >= 4 is 34.1 Å². The predicted molar refractivity (Wildman–Crippen MR) is 95.4 cm³/mol. The van der Waals surface area contributed by atoms with E-state index in [-0.39, 0.29) is 30.7 Å².